The van der Waals surface area contributed by atoms with Crippen LogP contribution >= 0.6 is 8.18 Å². The molecule has 14 nitrogen and oxygen atoms in total. The van der Waals surface area contributed by atoms with Crippen molar-refractivity contribution in [2.75, 3.05) is 19.0 Å². The number of aromatic nitrogens is 3. The summed E-state index contributed by atoms with van der Waals surface area (Å²) in [5, 5.41) is 6.60. The van der Waals surface area contributed by atoms with E-state index in [2.05, 4.69) is 15.2 Å². The fourth-order valence-corrected chi connectivity index (χ4v) is 4.92. The summed E-state index contributed by atoms with van der Waals surface area (Å²) in [4.78, 5) is 39.9. The van der Waals surface area contributed by atoms with E-state index in [0.717, 1.165) is 13.8 Å². The molecule has 6 atom stereocenters. The number of nitrogens with one attached hydrogen (secondary N) is 1. The lowest BCUT2D eigenvalue weighted by molar-refractivity contribution is -0.172. The Hall–Kier alpha value is -3.13. The van der Waals surface area contributed by atoms with Gasteiger partial charge < -0.3 is 29.2 Å². The van der Waals surface area contributed by atoms with Gasteiger partial charge in [0.2, 0.25) is 0 Å². The fourth-order valence-electron chi connectivity index (χ4n) is 3.99. The minimum Gasteiger partial charge on any atom is -0.462 e. The predicted octanol–water partition coefficient (Wildman–Crippen LogP) is 1.29. The van der Waals surface area contributed by atoms with Crippen LogP contribution in [-0.2, 0) is 42.4 Å². The molecule has 0 spiro atoms. The molecule has 0 bridgehead atoms. The van der Waals surface area contributed by atoms with Crippen LogP contribution in [0.5, 0.6) is 0 Å². The van der Waals surface area contributed by atoms with E-state index in [1.54, 1.807) is 26.0 Å². The van der Waals surface area contributed by atoms with E-state index in [0.29, 0.717) is 11.2 Å². The number of carbonyl (C=O) groups is 3. The third kappa shape index (κ3) is 6.46. The van der Waals surface area contributed by atoms with Crippen LogP contribution in [0.25, 0.3) is 5.52 Å². The number of alkyl halides is 1. The highest BCUT2D eigenvalue weighted by molar-refractivity contribution is 7.36. The van der Waals surface area contributed by atoms with Gasteiger partial charge in [-0.25, -0.2) is 19.0 Å². The normalized spacial score (nSPS) is 24.8. The maximum atomic E-state index is 14.8. The van der Waals surface area contributed by atoms with Crippen molar-refractivity contribution in [2.45, 2.75) is 70.7 Å². The SMILES string of the molecule is CC(=O)O[C@H]1[C@H](c2ccc3c(N)ncnn23)O[C@](CF)(CO[PH](=O)N[C@@H](C)C(=O)OC(C)C)[C@H]1OC(C)=O. The smallest absolute Gasteiger partial charge is 0.323 e. The third-order valence-corrected chi connectivity index (χ3v) is 6.66. The van der Waals surface area contributed by atoms with Gasteiger partial charge in [-0.15, -0.1) is 0 Å². The number of carbonyl (C=O) groups excluding carboxylic acids is 3. The predicted molar refractivity (Wildman–Crippen MR) is 130 cm³/mol. The molecule has 1 aliphatic heterocycles. The topological polar surface area (TPSA) is 183 Å². The Labute approximate surface area is 218 Å². The number of hydrogen-bond acceptors (Lipinski definition) is 12. The zero-order valence-corrected chi connectivity index (χ0v) is 22.5. The van der Waals surface area contributed by atoms with Gasteiger partial charge in [-0.1, -0.05) is 0 Å². The van der Waals surface area contributed by atoms with E-state index in [1.807, 2.05) is 0 Å². The van der Waals surface area contributed by atoms with Crippen LogP contribution < -0.4 is 10.8 Å². The number of hydrogen-bond donors (Lipinski definition) is 2. The van der Waals surface area contributed by atoms with Gasteiger partial charge in [0.05, 0.1) is 18.4 Å². The molecule has 16 heteroatoms. The van der Waals surface area contributed by atoms with Crippen LogP contribution in [0.4, 0.5) is 10.2 Å². The molecule has 0 amide bonds. The van der Waals surface area contributed by atoms with E-state index < -0.39 is 69.3 Å². The first-order valence-corrected chi connectivity index (χ1v) is 13.0. The zero-order chi connectivity index (χ0) is 28.2. The van der Waals surface area contributed by atoms with Gasteiger partial charge in [0.1, 0.15) is 30.7 Å². The molecule has 3 rings (SSSR count). The van der Waals surface area contributed by atoms with E-state index in [-0.39, 0.29) is 11.9 Å². The van der Waals surface area contributed by atoms with Gasteiger partial charge in [0.25, 0.3) is 8.18 Å². The standard InChI is InChI=1S/C22H31FN5O9P/c1-11(2)34-21(31)12(3)27-38(32)33-9-22(8-23)19(36-14(5)30)18(35-13(4)29)17(37-22)15-6-7-16-20(24)25-10-26-28(15)16/h6-7,10-12,17-19,38H,8-9H2,1-5H3,(H,27,32)(H2,24,25,26)/t12-,17-,18-,19-,22+/m0/s1. The van der Waals surface area contributed by atoms with E-state index >= 15 is 0 Å². The fraction of sp³-hybridized carbons (Fsp3) is 0.591. The highest BCUT2D eigenvalue weighted by atomic mass is 31.1. The molecular weight excluding hydrogens is 528 g/mol. The summed E-state index contributed by atoms with van der Waals surface area (Å²) in [5.74, 6) is -2.07. The van der Waals surface area contributed by atoms with Crippen LogP contribution in [0, 0.1) is 0 Å². The molecule has 0 radical (unpaired) electrons. The molecule has 3 heterocycles. The van der Waals surface area contributed by atoms with E-state index in [1.165, 1.54) is 17.8 Å². The molecule has 3 N–H and O–H groups in total. The van der Waals surface area contributed by atoms with E-state index in [4.69, 9.17) is 29.2 Å². The molecule has 38 heavy (non-hydrogen) atoms. The van der Waals surface area contributed by atoms with Gasteiger partial charge in [-0.05, 0) is 32.9 Å². The quantitative estimate of drug-likeness (QED) is 0.228. The second-order valence-electron chi connectivity index (χ2n) is 8.97. The van der Waals surface area contributed by atoms with Crippen molar-refractivity contribution in [1.82, 2.24) is 19.7 Å². The maximum absolute atomic E-state index is 14.8. The van der Waals surface area contributed by atoms with Crippen LogP contribution in [-0.4, -0.2) is 75.7 Å². The minimum atomic E-state index is -3.14. The maximum Gasteiger partial charge on any atom is 0.323 e. The number of fused-ring (bicyclic) bond motifs is 1. The van der Waals surface area contributed by atoms with Crippen LogP contribution in [0.15, 0.2) is 18.5 Å². The molecule has 2 aromatic rings. The summed E-state index contributed by atoms with van der Waals surface area (Å²) in [6, 6.07) is 2.16. The van der Waals surface area contributed by atoms with Crippen molar-refractivity contribution in [3.8, 4) is 0 Å². The lowest BCUT2D eigenvalue weighted by Crippen LogP contribution is -2.51. The molecule has 1 saturated heterocycles. The molecule has 1 aliphatic rings. The summed E-state index contributed by atoms with van der Waals surface area (Å²) >= 11 is 0. The molecule has 0 aromatic carbocycles. The Morgan fingerprint density at radius 2 is 1.92 bits per heavy atom. The minimum absolute atomic E-state index is 0.152. The number of nitrogens with zero attached hydrogens (tertiary/aromatic N) is 3. The summed E-state index contributed by atoms with van der Waals surface area (Å²) in [7, 11) is -3.14. The van der Waals surface area contributed by atoms with Gasteiger partial charge in [0, 0.05) is 13.8 Å². The Morgan fingerprint density at radius 1 is 1.24 bits per heavy atom. The number of esters is 3. The Balaban J connectivity index is 1.92. The summed E-state index contributed by atoms with van der Waals surface area (Å²) in [6.45, 7) is 5.00. The summed E-state index contributed by atoms with van der Waals surface area (Å²) in [6.07, 6.45) is -3.22. The van der Waals surface area contributed by atoms with E-state index in [9.17, 15) is 23.3 Å². The van der Waals surface area contributed by atoms with Crippen LogP contribution in [0.1, 0.15) is 46.4 Å². The molecule has 2 aromatic heterocycles. The van der Waals surface area contributed by atoms with Crippen molar-refractivity contribution < 1.29 is 46.8 Å². The molecule has 210 valence electrons. The van der Waals surface area contributed by atoms with Gasteiger partial charge >= 0.3 is 17.9 Å². The lowest BCUT2D eigenvalue weighted by Gasteiger charge is -2.31. The second-order valence-corrected chi connectivity index (χ2v) is 10.1. The highest BCUT2D eigenvalue weighted by Gasteiger charge is 2.61. The van der Waals surface area contributed by atoms with Crippen molar-refractivity contribution in [3.63, 3.8) is 0 Å². The van der Waals surface area contributed by atoms with Crippen molar-refractivity contribution in [2.24, 2.45) is 0 Å². The first-order chi connectivity index (χ1) is 17.9. The number of ether oxygens (including phenoxy) is 4. The van der Waals surface area contributed by atoms with Gasteiger partial charge in [-0.3, -0.25) is 18.9 Å². The summed E-state index contributed by atoms with van der Waals surface area (Å²) in [5.41, 5.74) is 4.57. The second kappa shape index (κ2) is 12.2. The van der Waals surface area contributed by atoms with Crippen molar-refractivity contribution in [3.05, 3.63) is 24.2 Å². The molecule has 0 saturated carbocycles. The largest absolute Gasteiger partial charge is 0.462 e. The van der Waals surface area contributed by atoms with Crippen molar-refractivity contribution >= 4 is 37.4 Å². The summed E-state index contributed by atoms with van der Waals surface area (Å²) < 4.78 is 56.0. The first-order valence-electron chi connectivity index (χ1n) is 11.7. The number of anilines is 1. The molecule has 1 unspecified atom stereocenters. The Bertz CT molecular complexity index is 1210. The molecule has 1 fully saturated rings. The number of nitrogens with two attached hydrogens (primary N) is 1. The van der Waals surface area contributed by atoms with Crippen LogP contribution in [0.3, 0.4) is 0 Å². The molecular formula is C22H31FN5O9P. The first kappa shape index (κ1) is 29.4. The van der Waals surface area contributed by atoms with Crippen molar-refractivity contribution in [1.29, 1.82) is 0 Å². The van der Waals surface area contributed by atoms with Gasteiger partial charge in [-0.2, -0.15) is 5.10 Å². The molecule has 0 aliphatic carbocycles. The monoisotopic (exact) mass is 559 g/mol. The average molecular weight is 559 g/mol. The highest BCUT2D eigenvalue weighted by Crippen LogP contribution is 2.45. The van der Waals surface area contributed by atoms with Gasteiger partial charge in [0.15, 0.2) is 23.6 Å². The zero-order valence-electron chi connectivity index (χ0n) is 21.5. The number of nitrogen functional groups attached to an aromatic ring is 1. The lowest BCUT2D eigenvalue weighted by atomic mass is 9.95. The number of rotatable bonds is 11. The third-order valence-electron chi connectivity index (χ3n) is 5.59. The Kier molecular flexibility index (Phi) is 9.41. The average Bonchev–Trinajstić information content (AvgIpc) is 3.38. The van der Waals surface area contributed by atoms with Crippen LogP contribution in [0.2, 0.25) is 0 Å². The Morgan fingerprint density at radius 3 is 2.53 bits per heavy atom. The number of halogens is 1.